The molecule has 0 aromatic heterocycles. The molecule has 2 saturated heterocycles. The maximum Gasteiger partial charge on any atom is 0.0578 e. The van der Waals surface area contributed by atoms with E-state index in [1.54, 1.807) is 0 Å². The van der Waals surface area contributed by atoms with Crippen LogP contribution >= 0.6 is 11.8 Å². The van der Waals surface area contributed by atoms with Crippen LogP contribution in [0.15, 0.2) is 0 Å². The summed E-state index contributed by atoms with van der Waals surface area (Å²) in [7, 11) is 0. The minimum atomic E-state index is 0.762. The first-order valence-electron chi connectivity index (χ1n) is 7.50. The second kappa shape index (κ2) is 5.50. The molecule has 0 spiro atoms. The number of nitrogens with zero attached hydrogens (tertiary/aromatic N) is 1. The Hall–Kier alpha value is 0.270. The highest BCUT2D eigenvalue weighted by Crippen LogP contribution is 2.41. The fraction of sp³-hybridized carbons (Fsp3) is 1.00. The lowest BCUT2D eigenvalue weighted by molar-refractivity contribution is 0.171. The summed E-state index contributed by atoms with van der Waals surface area (Å²) >= 11 is 2.28. The number of hydrogen-bond donors (Lipinski definition) is 1. The van der Waals surface area contributed by atoms with Gasteiger partial charge in [-0.2, -0.15) is 0 Å². The van der Waals surface area contributed by atoms with Gasteiger partial charge in [0.15, 0.2) is 0 Å². The Morgan fingerprint density at radius 3 is 2.88 bits per heavy atom. The average molecular weight is 254 g/mol. The maximum atomic E-state index is 3.94. The Morgan fingerprint density at radius 2 is 2.06 bits per heavy atom. The summed E-state index contributed by atoms with van der Waals surface area (Å²) in [5.41, 5.74) is 0. The molecule has 0 aromatic rings. The van der Waals surface area contributed by atoms with E-state index in [0.29, 0.717) is 0 Å². The van der Waals surface area contributed by atoms with Crippen LogP contribution in [0.3, 0.4) is 0 Å². The van der Waals surface area contributed by atoms with Gasteiger partial charge in [-0.15, -0.1) is 11.8 Å². The number of likely N-dealkylation sites (tertiary alicyclic amines) is 1. The monoisotopic (exact) mass is 254 g/mol. The molecule has 1 N–H and O–H groups in total. The zero-order valence-corrected chi connectivity index (χ0v) is 11.8. The fourth-order valence-corrected chi connectivity index (χ4v) is 5.54. The topological polar surface area (TPSA) is 15.3 Å². The van der Waals surface area contributed by atoms with E-state index in [-0.39, 0.29) is 0 Å². The highest BCUT2D eigenvalue weighted by molar-refractivity contribution is 8.00. The molecule has 1 aliphatic carbocycles. The summed E-state index contributed by atoms with van der Waals surface area (Å²) < 4.78 is 0. The smallest absolute Gasteiger partial charge is 0.0578 e. The third-order valence-corrected chi connectivity index (χ3v) is 6.55. The van der Waals surface area contributed by atoms with E-state index in [2.05, 4.69) is 28.9 Å². The Balaban J connectivity index is 1.57. The second-order valence-electron chi connectivity index (χ2n) is 5.95. The molecule has 3 fully saturated rings. The van der Waals surface area contributed by atoms with Crippen molar-refractivity contribution >= 4 is 11.8 Å². The van der Waals surface area contributed by atoms with Gasteiger partial charge in [-0.05, 0) is 44.7 Å². The van der Waals surface area contributed by atoms with Gasteiger partial charge in [0, 0.05) is 17.8 Å². The van der Waals surface area contributed by atoms with Crippen molar-refractivity contribution in [3.8, 4) is 0 Å². The SMILES string of the molecule is CCN1CCCC(C2NC3CCCCC3S2)C1. The van der Waals surface area contributed by atoms with Crippen molar-refractivity contribution in [3.63, 3.8) is 0 Å². The molecular formula is C14H26N2S. The first kappa shape index (κ1) is 12.3. The normalized spacial score (nSPS) is 43.6. The number of thioether (sulfide) groups is 1. The largest absolute Gasteiger partial charge is 0.303 e. The van der Waals surface area contributed by atoms with Gasteiger partial charge in [-0.25, -0.2) is 0 Å². The number of rotatable bonds is 2. The molecule has 2 nitrogen and oxygen atoms in total. The van der Waals surface area contributed by atoms with Crippen LogP contribution in [-0.4, -0.2) is 41.2 Å². The molecule has 2 heterocycles. The molecule has 1 saturated carbocycles. The first-order valence-corrected chi connectivity index (χ1v) is 8.45. The third-order valence-electron chi connectivity index (χ3n) is 4.82. The highest BCUT2D eigenvalue weighted by atomic mass is 32.2. The standard InChI is InChI=1S/C14H26N2S/c1-2-16-9-5-6-11(10-16)14-15-12-7-3-4-8-13(12)17-14/h11-15H,2-10H2,1H3. The zero-order chi connectivity index (χ0) is 11.7. The Kier molecular flexibility index (Phi) is 3.98. The van der Waals surface area contributed by atoms with E-state index in [1.807, 2.05) is 0 Å². The molecule has 3 rings (SSSR count). The number of fused-ring (bicyclic) bond motifs is 1. The quantitative estimate of drug-likeness (QED) is 0.815. The van der Waals surface area contributed by atoms with Crippen molar-refractivity contribution in [2.24, 2.45) is 5.92 Å². The summed E-state index contributed by atoms with van der Waals surface area (Å²) in [6, 6.07) is 0.843. The Labute approximate surface area is 110 Å². The summed E-state index contributed by atoms with van der Waals surface area (Å²) in [6.07, 6.45) is 8.66. The minimum Gasteiger partial charge on any atom is -0.303 e. The first-order chi connectivity index (χ1) is 8.36. The van der Waals surface area contributed by atoms with Crippen molar-refractivity contribution in [2.45, 2.75) is 62.1 Å². The van der Waals surface area contributed by atoms with Crippen LogP contribution in [0.4, 0.5) is 0 Å². The molecule has 4 unspecified atom stereocenters. The van der Waals surface area contributed by atoms with Crippen molar-refractivity contribution in [2.75, 3.05) is 19.6 Å². The van der Waals surface area contributed by atoms with Gasteiger partial charge in [-0.1, -0.05) is 19.8 Å². The van der Waals surface area contributed by atoms with Gasteiger partial charge in [0.05, 0.1) is 5.37 Å². The number of nitrogens with one attached hydrogen (secondary N) is 1. The van der Waals surface area contributed by atoms with Crippen LogP contribution in [-0.2, 0) is 0 Å². The lowest BCUT2D eigenvalue weighted by atomic mass is 9.93. The zero-order valence-electron chi connectivity index (χ0n) is 11.0. The minimum absolute atomic E-state index is 0.762. The second-order valence-corrected chi connectivity index (χ2v) is 7.33. The van der Waals surface area contributed by atoms with Crippen LogP contribution in [0.25, 0.3) is 0 Å². The molecule has 3 aliphatic rings. The lowest BCUT2D eigenvalue weighted by Crippen LogP contribution is -2.44. The summed E-state index contributed by atoms with van der Waals surface area (Å²) in [5, 5.41) is 5.64. The van der Waals surface area contributed by atoms with Gasteiger partial charge in [0.1, 0.15) is 0 Å². The third kappa shape index (κ3) is 2.66. The molecule has 98 valence electrons. The van der Waals surface area contributed by atoms with Gasteiger partial charge < -0.3 is 10.2 Å². The number of hydrogen-bond acceptors (Lipinski definition) is 3. The van der Waals surface area contributed by atoms with Gasteiger partial charge >= 0.3 is 0 Å². The van der Waals surface area contributed by atoms with Crippen LogP contribution in [0.5, 0.6) is 0 Å². The fourth-order valence-electron chi connectivity index (χ4n) is 3.76. The molecule has 4 atom stereocenters. The van der Waals surface area contributed by atoms with E-state index in [0.717, 1.165) is 22.6 Å². The number of piperidine rings is 1. The van der Waals surface area contributed by atoms with Gasteiger partial charge in [-0.3, -0.25) is 0 Å². The van der Waals surface area contributed by atoms with Crippen molar-refractivity contribution in [1.82, 2.24) is 10.2 Å². The predicted octanol–water partition coefficient (Wildman–Crippen LogP) is 2.69. The Bertz CT molecular complexity index is 245. The molecule has 17 heavy (non-hydrogen) atoms. The van der Waals surface area contributed by atoms with Crippen molar-refractivity contribution in [3.05, 3.63) is 0 Å². The van der Waals surface area contributed by atoms with E-state index in [9.17, 15) is 0 Å². The van der Waals surface area contributed by atoms with E-state index < -0.39 is 0 Å². The predicted molar refractivity (Wildman–Crippen MR) is 75.4 cm³/mol. The van der Waals surface area contributed by atoms with Crippen LogP contribution < -0.4 is 5.32 Å². The molecule has 0 bridgehead atoms. The molecule has 3 heteroatoms. The van der Waals surface area contributed by atoms with Crippen molar-refractivity contribution < 1.29 is 0 Å². The van der Waals surface area contributed by atoms with E-state index in [4.69, 9.17) is 0 Å². The summed E-state index contributed by atoms with van der Waals surface area (Å²) in [5.74, 6) is 0.902. The molecule has 0 radical (unpaired) electrons. The molecule has 0 amide bonds. The highest BCUT2D eigenvalue weighted by Gasteiger charge is 2.39. The molecule has 0 aromatic carbocycles. The molecule has 2 aliphatic heterocycles. The van der Waals surface area contributed by atoms with Crippen LogP contribution in [0.2, 0.25) is 0 Å². The van der Waals surface area contributed by atoms with Gasteiger partial charge in [0.25, 0.3) is 0 Å². The van der Waals surface area contributed by atoms with Crippen LogP contribution in [0.1, 0.15) is 45.4 Å². The maximum absolute atomic E-state index is 3.94. The molecular weight excluding hydrogens is 228 g/mol. The lowest BCUT2D eigenvalue weighted by Gasteiger charge is -2.35. The van der Waals surface area contributed by atoms with Crippen LogP contribution in [0, 0.1) is 5.92 Å². The summed E-state index contributed by atoms with van der Waals surface area (Å²) in [4.78, 5) is 2.64. The summed E-state index contributed by atoms with van der Waals surface area (Å²) in [6.45, 7) is 6.20. The Morgan fingerprint density at radius 1 is 1.18 bits per heavy atom. The average Bonchev–Trinajstić information content (AvgIpc) is 2.82. The van der Waals surface area contributed by atoms with Gasteiger partial charge in [0.2, 0.25) is 0 Å². The van der Waals surface area contributed by atoms with E-state index in [1.165, 1.54) is 58.2 Å². The van der Waals surface area contributed by atoms with Crippen molar-refractivity contribution in [1.29, 1.82) is 0 Å². The van der Waals surface area contributed by atoms with E-state index >= 15 is 0 Å².